The van der Waals surface area contributed by atoms with Gasteiger partial charge in [-0.3, -0.25) is 0 Å². The van der Waals surface area contributed by atoms with E-state index in [-0.39, 0.29) is 5.41 Å². The smallest absolute Gasteiger partial charge is 0.222 e. The quantitative estimate of drug-likeness (QED) is 0.660. The van der Waals surface area contributed by atoms with Crippen LogP contribution < -0.4 is 0 Å². The molecular weight excluding hydrogens is 239 g/mol. The van der Waals surface area contributed by atoms with Crippen molar-refractivity contribution in [3.8, 4) is 0 Å². The van der Waals surface area contributed by atoms with Gasteiger partial charge in [0.05, 0.1) is 10.2 Å². The molecule has 0 N–H and O–H groups in total. The van der Waals surface area contributed by atoms with E-state index in [1.807, 2.05) is 0 Å². The van der Waals surface area contributed by atoms with Gasteiger partial charge in [-0.1, -0.05) is 20.8 Å². The number of aromatic nitrogens is 2. The minimum absolute atomic E-state index is 0.00852. The third-order valence-corrected chi connectivity index (χ3v) is 2.19. The second-order valence-electron chi connectivity index (χ2n) is 3.59. The average Bonchev–Trinajstić information content (AvgIpc) is 1.92. The Kier molecular flexibility index (Phi) is 2.74. The van der Waals surface area contributed by atoms with Crippen LogP contribution >= 0.6 is 27.5 Å². The maximum Gasteiger partial charge on any atom is 0.222 e. The van der Waals surface area contributed by atoms with Crippen molar-refractivity contribution in [2.75, 3.05) is 0 Å². The van der Waals surface area contributed by atoms with Crippen molar-refractivity contribution in [1.29, 1.82) is 0 Å². The van der Waals surface area contributed by atoms with Crippen LogP contribution in [0.3, 0.4) is 0 Å². The molecule has 0 radical (unpaired) electrons. The van der Waals surface area contributed by atoms with E-state index in [0.717, 1.165) is 10.2 Å². The maximum absolute atomic E-state index is 5.68. The summed E-state index contributed by atoms with van der Waals surface area (Å²) in [7, 11) is 0. The first-order valence-corrected chi connectivity index (χ1v) is 4.77. The van der Waals surface area contributed by atoms with Crippen molar-refractivity contribution in [3.63, 3.8) is 0 Å². The predicted octanol–water partition coefficient (Wildman–Crippen LogP) is 3.19. The first-order valence-electron chi connectivity index (χ1n) is 3.60. The molecule has 12 heavy (non-hydrogen) atoms. The van der Waals surface area contributed by atoms with Gasteiger partial charge in [0.2, 0.25) is 5.28 Å². The van der Waals surface area contributed by atoms with Gasteiger partial charge in [0.15, 0.2) is 0 Å². The van der Waals surface area contributed by atoms with E-state index in [9.17, 15) is 0 Å². The average molecular weight is 250 g/mol. The summed E-state index contributed by atoms with van der Waals surface area (Å²) in [5, 5.41) is 0.295. The van der Waals surface area contributed by atoms with Gasteiger partial charge in [-0.25, -0.2) is 9.97 Å². The Morgan fingerprint density at radius 2 is 2.00 bits per heavy atom. The van der Waals surface area contributed by atoms with Crippen LogP contribution in [0.25, 0.3) is 0 Å². The van der Waals surface area contributed by atoms with Crippen LogP contribution in [-0.4, -0.2) is 9.97 Å². The SMILES string of the molecule is CC(C)(C)c1nc(Cl)ncc1Br. The molecule has 0 aromatic carbocycles. The Balaban J connectivity index is 3.23. The fourth-order valence-corrected chi connectivity index (χ4v) is 1.79. The molecule has 0 aliphatic heterocycles. The molecule has 0 saturated heterocycles. The normalized spacial score (nSPS) is 11.8. The van der Waals surface area contributed by atoms with Gasteiger partial charge in [-0.15, -0.1) is 0 Å². The molecule has 0 aliphatic rings. The predicted molar refractivity (Wildman–Crippen MR) is 53.4 cm³/mol. The molecule has 2 nitrogen and oxygen atoms in total. The van der Waals surface area contributed by atoms with Gasteiger partial charge in [0.1, 0.15) is 0 Å². The summed E-state index contributed by atoms with van der Waals surface area (Å²) in [5.41, 5.74) is 0.924. The van der Waals surface area contributed by atoms with E-state index >= 15 is 0 Å². The van der Waals surface area contributed by atoms with Crippen LogP contribution in [0.4, 0.5) is 0 Å². The highest BCUT2D eigenvalue weighted by Crippen LogP contribution is 2.27. The van der Waals surface area contributed by atoms with E-state index < -0.39 is 0 Å². The third kappa shape index (κ3) is 2.17. The zero-order chi connectivity index (χ0) is 9.35. The largest absolute Gasteiger partial charge is 0.225 e. The lowest BCUT2D eigenvalue weighted by Crippen LogP contribution is -2.14. The number of halogens is 2. The van der Waals surface area contributed by atoms with Gasteiger partial charge < -0.3 is 0 Å². The van der Waals surface area contributed by atoms with Gasteiger partial charge in [-0.2, -0.15) is 0 Å². The standard InChI is InChI=1S/C8H10BrClN2/c1-8(2,3)6-5(9)4-11-7(10)12-6/h4H,1-3H3. The molecule has 1 heterocycles. The van der Waals surface area contributed by atoms with Crippen molar-refractivity contribution in [3.05, 3.63) is 21.6 Å². The van der Waals surface area contributed by atoms with Crippen LogP contribution in [-0.2, 0) is 5.41 Å². The molecule has 1 rings (SSSR count). The van der Waals surface area contributed by atoms with Crippen molar-refractivity contribution in [1.82, 2.24) is 9.97 Å². The summed E-state index contributed by atoms with van der Waals surface area (Å²) in [6, 6.07) is 0. The zero-order valence-corrected chi connectivity index (χ0v) is 9.57. The van der Waals surface area contributed by atoms with Crippen LogP contribution in [0.15, 0.2) is 10.7 Å². The topological polar surface area (TPSA) is 25.8 Å². The van der Waals surface area contributed by atoms with E-state index in [1.165, 1.54) is 0 Å². The van der Waals surface area contributed by atoms with Gasteiger partial charge in [0.25, 0.3) is 0 Å². The Morgan fingerprint density at radius 3 is 2.42 bits per heavy atom. The van der Waals surface area contributed by atoms with E-state index in [0.29, 0.717) is 5.28 Å². The molecule has 0 unspecified atom stereocenters. The zero-order valence-electron chi connectivity index (χ0n) is 7.23. The fourth-order valence-electron chi connectivity index (χ4n) is 0.872. The Labute approximate surface area is 85.5 Å². The van der Waals surface area contributed by atoms with Crippen molar-refractivity contribution in [2.45, 2.75) is 26.2 Å². The van der Waals surface area contributed by atoms with Crippen LogP contribution in [0.5, 0.6) is 0 Å². The second-order valence-corrected chi connectivity index (χ2v) is 4.78. The number of rotatable bonds is 0. The van der Waals surface area contributed by atoms with Crippen molar-refractivity contribution >= 4 is 27.5 Å². The molecule has 66 valence electrons. The number of hydrogen-bond donors (Lipinski definition) is 0. The van der Waals surface area contributed by atoms with Gasteiger partial charge >= 0.3 is 0 Å². The fraction of sp³-hybridized carbons (Fsp3) is 0.500. The summed E-state index contributed by atoms with van der Waals surface area (Å²) in [6.07, 6.45) is 1.68. The molecular formula is C8H10BrClN2. The molecule has 0 aliphatic carbocycles. The summed E-state index contributed by atoms with van der Waals surface area (Å²) in [6.45, 7) is 6.24. The minimum Gasteiger partial charge on any atom is -0.225 e. The van der Waals surface area contributed by atoms with Gasteiger partial charge in [-0.05, 0) is 27.5 Å². The first-order chi connectivity index (χ1) is 5.41. The summed E-state index contributed by atoms with van der Waals surface area (Å²) in [4.78, 5) is 8.01. The Bertz CT molecular complexity index is 294. The molecule has 0 amide bonds. The lowest BCUT2D eigenvalue weighted by Gasteiger charge is -2.18. The lowest BCUT2D eigenvalue weighted by molar-refractivity contribution is 0.563. The van der Waals surface area contributed by atoms with Gasteiger partial charge in [0, 0.05) is 11.6 Å². The molecule has 0 bridgehead atoms. The first kappa shape index (κ1) is 9.93. The van der Waals surface area contributed by atoms with E-state index in [1.54, 1.807) is 6.20 Å². The molecule has 0 saturated carbocycles. The Hall–Kier alpha value is -0.150. The van der Waals surface area contributed by atoms with Crippen molar-refractivity contribution < 1.29 is 0 Å². The molecule has 0 fully saturated rings. The summed E-state index contributed by atoms with van der Waals surface area (Å²) in [5.74, 6) is 0. The third-order valence-electron chi connectivity index (χ3n) is 1.43. The summed E-state index contributed by atoms with van der Waals surface area (Å²) < 4.78 is 0.902. The van der Waals surface area contributed by atoms with E-state index in [4.69, 9.17) is 11.6 Å². The van der Waals surface area contributed by atoms with Crippen molar-refractivity contribution in [2.24, 2.45) is 0 Å². The molecule has 4 heteroatoms. The molecule has 1 aromatic heterocycles. The molecule has 0 atom stereocenters. The number of hydrogen-bond acceptors (Lipinski definition) is 2. The van der Waals surface area contributed by atoms with Crippen LogP contribution in [0, 0.1) is 0 Å². The monoisotopic (exact) mass is 248 g/mol. The van der Waals surface area contributed by atoms with Crippen LogP contribution in [0.2, 0.25) is 5.28 Å². The highest BCUT2D eigenvalue weighted by atomic mass is 79.9. The number of nitrogens with zero attached hydrogens (tertiary/aromatic N) is 2. The van der Waals surface area contributed by atoms with E-state index in [2.05, 4.69) is 46.7 Å². The van der Waals surface area contributed by atoms with Crippen LogP contribution in [0.1, 0.15) is 26.5 Å². The highest BCUT2D eigenvalue weighted by molar-refractivity contribution is 9.10. The molecule has 0 spiro atoms. The minimum atomic E-state index is -0.00852. The summed E-state index contributed by atoms with van der Waals surface area (Å²) >= 11 is 9.06. The molecule has 1 aromatic rings. The maximum atomic E-state index is 5.68. The second kappa shape index (κ2) is 3.30. The Morgan fingerprint density at radius 1 is 1.42 bits per heavy atom. The lowest BCUT2D eigenvalue weighted by atomic mass is 9.92. The highest BCUT2D eigenvalue weighted by Gasteiger charge is 2.19.